The highest BCUT2D eigenvalue weighted by molar-refractivity contribution is 8.00. The first kappa shape index (κ1) is 77.3. The maximum absolute atomic E-state index is 13.6. The molecular formula is C61H59BCl5F6N2O11S4. The molecule has 0 saturated carbocycles. The van der Waals surface area contributed by atoms with Crippen LogP contribution < -0.4 is 5.73 Å². The third-order valence-corrected chi connectivity index (χ3v) is 20.5. The van der Waals surface area contributed by atoms with E-state index in [1.165, 1.54) is 44.2 Å². The minimum atomic E-state index is -4.91. The number of Topliss-reactive ketones (excluding diaryl/α,β-unsaturated/α-hetero) is 5. The van der Waals surface area contributed by atoms with E-state index in [1.54, 1.807) is 57.7 Å². The number of carbonyl (C=O) groups is 7. The number of thioether (sulfide) groups is 1. The normalized spacial score (nSPS) is 18.9. The first-order valence-electron chi connectivity index (χ1n) is 26.8. The van der Waals surface area contributed by atoms with Crippen LogP contribution in [0.3, 0.4) is 0 Å². The molecule has 90 heavy (non-hydrogen) atoms. The van der Waals surface area contributed by atoms with E-state index in [1.807, 2.05) is 18.7 Å². The summed E-state index contributed by atoms with van der Waals surface area (Å²) in [6.07, 6.45) is -7.53. The number of nitrogens with two attached hydrogens (primary N) is 1. The van der Waals surface area contributed by atoms with Crippen molar-refractivity contribution >= 4 is 162 Å². The highest BCUT2D eigenvalue weighted by atomic mass is 35.5. The number of rotatable bonds is 16. The number of hydrogen-bond donors (Lipinski definition) is 2. The van der Waals surface area contributed by atoms with Crippen LogP contribution in [0.5, 0.6) is 0 Å². The van der Waals surface area contributed by atoms with Crippen LogP contribution >= 0.6 is 69.8 Å². The zero-order chi connectivity index (χ0) is 67.5. The van der Waals surface area contributed by atoms with Crippen LogP contribution in [0, 0.1) is 38.0 Å². The number of benzene rings is 5. The van der Waals surface area contributed by atoms with Crippen LogP contribution in [0.2, 0.25) is 25.9 Å². The summed E-state index contributed by atoms with van der Waals surface area (Å²) in [5, 5.41) is 6.02. The van der Waals surface area contributed by atoms with Crippen molar-refractivity contribution in [3.63, 3.8) is 0 Å². The van der Waals surface area contributed by atoms with E-state index in [2.05, 4.69) is 4.65 Å². The topological polar surface area (TPSA) is 230 Å². The molecule has 9 rings (SSSR count). The van der Waals surface area contributed by atoms with Gasteiger partial charge in [-0.2, -0.15) is 38.1 Å². The van der Waals surface area contributed by atoms with Crippen LogP contribution in [0.25, 0.3) is 5.57 Å². The van der Waals surface area contributed by atoms with Gasteiger partial charge in [-0.3, -0.25) is 51.6 Å². The predicted molar refractivity (Wildman–Crippen MR) is 349 cm³/mol. The molecule has 3 N–H and O–H groups in total. The number of ketones is 6. The summed E-state index contributed by atoms with van der Waals surface area (Å²) in [6, 6.07) is 21.0. The number of alkyl halides is 6. The molecule has 4 aliphatic heterocycles. The number of nitrogens with one attached hydrogen (secondary N) is 1. The van der Waals surface area contributed by atoms with Crippen molar-refractivity contribution in [2.45, 2.75) is 71.7 Å². The molecular weight excluding hydrogens is 1370 g/mol. The van der Waals surface area contributed by atoms with E-state index in [0.717, 1.165) is 64.8 Å². The lowest BCUT2D eigenvalue weighted by Crippen LogP contribution is -2.43. The van der Waals surface area contributed by atoms with Gasteiger partial charge in [0, 0.05) is 145 Å². The smallest absolute Gasteiger partial charge is 0.454 e. The Hall–Kier alpha value is -5.15. The third kappa shape index (κ3) is 25.4. The highest BCUT2D eigenvalue weighted by Gasteiger charge is 2.40. The Bertz CT molecular complexity index is 3560. The highest BCUT2D eigenvalue weighted by Crippen LogP contribution is 2.37. The Kier molecular flexibility index (Phi) is 30.7. The molecule has 4 saturated heterocycles. The van der Waals surface area contributed by atoms with Gasteiger partial charge in [-0.05, 0) is 164 Å². The Morgan fingerprint density at radius 3 is 1.26 bits per heavy atom. The molecule has 483 valence electrons. The standard InChI is InChI=1S/C22H17Cl2F3O3S.C14H16O3S.C10H9ClO2.C8H3Cl2F3O.C4H7BNOS.C3H7NOS/c1-12-4-14(2-3-18(12)21(29)5-13-10-31(30)11-13)20(28)9-19(22(25,26)27)15-6-16(23)8-17(24)7-15;1-9-5-12(10(2)15)3-4-13(9)14(16)6-11-7-18(17)8-11;1-6-5-8(7(2)12)3-4-9(6)10(11)13;9-5-1-4(2-6(10)3-5)7(14)8(11,12)13;6-3-7-5-4-1-8-2-4;4-3-1-6(5)2-3/h2-4,6-9,13H,5,10-11H2,1H3;3-5,11H,6-8H2,1-2H3;3-5H,1-2H3;1-3H;3-4,6H,1-2H2;3H,1-2,4H2/b19-9+;;;;;. The van der Waals surface area contributed by atoms with Gasteiger partial charge in [0.15, 0.2) is 28.9 Å². The van der Waals surface area contributed by atoms with Gasteiger partial charge in [-0.1, -0.05) is 76.7 Å². The van der Waals surface area contributed by atoms with Crippen molar-refractivity contribution < 1.29 is 77.2 Å². The number of hydrogen-bond acceptors (Lipinski definition) is 14. The van der Waals surface area contributed by atoms with Gasteiger partial charge < -0.3 is 10.4 Å². The van der Waals surface area contributed by atoms with Crippen LogP contribution in [0.4, 0.5) is 26.3 Å². The summed E-state index contributed by atoms with van der Waals surface area (Å²) < 4.78 is 114. The molecule has 0 aliphatic carbocycles. The van der Waals surface area contributed by atoms with Crippen molar-refractivity contribution in [3.05, 3.63) is 178 Å². The summed E-state index contributed by atoms with van der Waals surface area (Å²) in [6.45, 7) is 8.21. The molecule has 0 spiro atoms. The SMILES string of the molecule is CC(=O)c1ccc(C(=O)CC2CS(=O)C2)c(C)c1.CC(=O)c1ccc(C(=O)Cl)c(C)c1.Cc1cc(C(=O)/C=C(\c2cc(Cl)cc(Cl)c2)C(F)(F)F)ccc1C(=O)CC1CS(=O)C1.N=CO[B]C1CSC1.NC1CS(=O)C1.O=C(c1cc(Cl)cc(Cl)c1)C(F)(F)F. The molecule has 5 aromatic rings. The zero-order valence-corrected chi connectivity index (χ0v) is 55.7. The van der Waals surface area contributed by atoms with E-state index in [0.29, 0.717) is 74.7 Å². The van der Waals surface area contributed by atoms with Crippen LogP contribution in [-0.2, 0) is 37.1 Å². The first-order chi connectivity index (χ1) is 41.9. The first-order valence-corrected chi connectivity index (χ1v) is 34.3. The fourth-order valence-electron chi connectivity index (χ4n) is 8.38. The van der Waals surface area contributed by atoms with Crippen molar-refractivity contribution in [3.8, 4) is 0 Å². The maximum Gasteiger partial charge on any atom is 0.454 e. The van der Waals surface area contributed by atoms with Crippen molar-refractivity contribution in [1.29, 1.82) is 5.41 Å². The quantitative estimate of drug-likeness (QED) is 0.0178. The molecule has 4 heterocycles. The molecule has 5 aromatic carbocycles. The van der Waals surface area contributed by atoms with Gasteiger partial charge >= 0.3 is 19.8 Å². The second kappa shape index (κ2) is 35.8. The molecule has 0 aromatic heterocycles. The Labute approximate surface area is 553 Å². The van der Waals surface area contributed by atoms with Crippen LogP contribution in [0.15, 0.2) is 97.1 Å². The molecule has 0 unspecified atom stereocenters. The summed E-state index contributed by atoms with van der Waals surface area (Å²) in [4.78, 5) is 80.9. The fraction of sp³-hybridized carbons (Fsp3) is 0.344. The van der Waals surface area contributed by atoms with E-state index in [9.17, 15) is 72.5 Å². The van der Waals surface area contributed by atoms with Gasteiger partial charge in [0.2, 0.25) is 0 Å². The number of halogens is 11. The van der Waals surface area contributed by atoms with Crippen molar-refractivity contribution in [2.75, 3.05) is 46.0 Å². The van der Waals surface area contributed by atoms with Crippen molar-refractivity contribution in [2.24, 2.45) is 17.6 Å². The number of carbonyl (C=O) groups excluding carboxylic acids is 7. The molecule has 1 radical (unpaired) electrons. The molecule has 4 fully saturated rings. The van der Waals surface area contributed by atoms with Gasteiger partial charge in [-0.25, -0.2) is 0 Å². The van der Waals surface area contributed by atoms with Crippen molar-refractivity contribution in [1.82, 2.24) is 0 Å². The number of aryl methyl sites for hydroxylation is 3. The number of allylic oxidation sites excluding steroid dienone is 2. The summed E-state index contributed by atoms with van der Waals surface area (Å²) in [7, 11) is -0.382. The second-order valence-corrected chi connectivity index (χ2v) is 28.6. The largest absolute Gasteiger partial charge is 0.555 e. The molecule has 4 aliphatic rings. The molecule has 0 bridgehead atoms. The third-order valence-electron chi connectivity index (χ3n) is 13.2. The second-order valence-electron chi connectivity index (χ2n) is 20.8. The van der Waals surface area contributed by atoms with Gasteiger partial charge in [-0.15, -0.1) is 0 Å². The average molecular weight is 1430 g/mol. The lowest BCUT2D eigenvalue weighted by molar-refractivity contribution is -0.0885. The average Bonchev–Trinajstić information content (AvgIpc) is 0.909. The van der Waals surface area contributed by atoms with Gasteiger partial charge in [0.1, 0.15) is 6.40 Å². The molecule has 13 nitrogen and oxygen atoms in total. The van der Waals surface area contributed by atoms with Gasteiger partial charge in [0.05, 0.1) is 5.57 Å². The molecule has 0 amide bonds. The lowest BCUT2D eigenvalue weighted by Gasteiger charge is -2.24. The van der Waals surface area contributed by atoms with Crippen LogP contribution in [0.1, 0.15) is 121 Å². The van der Waals surface area contributed by atoms with E-state index >= 15 is 0 Å². The zero-order valence-electron chi connectivity index (χ0n) is 48.6. The Morgan fingerprint density at radius 2 is 0.956 bits per heavy atom. The monoisotopic (exact) mass is 1420 g/mol. The van der Waals surface area contributed by atoms with E-state index in [-0.39, 0.29) is 78.6 Å². The Morgan fingerprint density at radius 1 is 0.578 bits per heavy atom. The Balaban J connectivity index is 0.000000250. The molecule has 0 atom stereocenters. The predicted octanol–water partition coefficient (Wildman–Crippen LogP) is 14.4. The minimum Gasteiger partial charge on any atom is -0.555 e. The van der Waals surface area contributed by atoms with E-state index in [4.69, 9.17) is 69.1 Å². The fourth-order valence-corrected chi connectivity index (χ4v) is 13.5. The van der Waals surface area contributed by atoms with Gasteiger partial charge in [0.25, 0.3) is 11.0 Å². The maximum atomic E-state index is 13.6. The summed E-state index contributed by atoms with van der Waals surface area (Å²) in [5.74, 6) is 4.13. The van der Waals surface area contributed by atoms with Crippen LogP contribution in [-0.4, -0.2) is 131 Å². The minimum absolute atomic E-state index is 0.00601. The van der Waals surface area contributed by atoms with E-state index < -0.39 is 72.7 Å². The molecule has 29 heteroatoms. The lowest BCUT2D eigenvalue weighted by atomic mass is 9.83. The summed E-state index contributed by atoms with van der Waals surface area (Å²) >= 11 is 29.7. The summed E-state index contributed by atoms with van der Waals surface area (Å²) in [5.41, 5.74) is 8.07.